The van der Waals surface area contributed by atoms with Crippen molar-refractivity contribution in [3.63, 3.8) is 0 Å². The van der Waals surface area contributed by atoms with Crippen LogP contribution in [0.3, 0.4) is 0 Å². The largest absolute Gasteiger partial charge is 0.462 e. The minimum Gasteiger partial charge on any atom is -0.462 e. The normalized spacial score (nSPS) is 12.7. The Hall–Kier alpha value is -3.67. The highest BCUT2D eigenvalue weighted by molar-refractivity contribution is 5.71. The molecule has 1 unspecified atom stereocenters. The fourth-order valence-electron chi connectivity index (χ4n) is 9.71. The van der Waals surface area contributed by atoms with Crippen molar-refractivity contribution in [3.8, 4) is 0 Å². The van der Waals surface area contributed by atoms with Crippen molar-refractivity contribution in [2.75, 3.05) is 13.2 Å². The number of hydrogen-bond acceptors (Lipinski definition) is 6. The highest BCUT2D eigenvalue weighted by atomic mass is 16.6. The van der Waals surface area contributed by atoms with Gasteiger partial charge in [-0.2, -0.15) is 0 Å². The Bertz CT molecular complexity index is 1560. The predicted octanol–water partition coefficient (Wildman–Crippen LogP) is 23.6. The maximum atomic E-state index is 12.9. The first-order valence-corrected chi connectivity index (χ1v) is 34.2. The van der Waals surface area contributed by atoms with Crippen molar-refractivity contribution >= 4 is 17.9 Å². The van der Waals surface area contributed by atoms with Crippen LogP contribution in [0.15, 0.2) is 97.2 Å². The van der Waals surface area contributed by atoms with E-state index in [0.29, 0.717) is 19.3 Å². The van der Waals surface area contributed by atoms with E-state index in [1.54, 1.807) is 0 Å². The molecule has 0 aliphatic heterocycles. The van der Waals surface area contributed by atoms with E-state index in [-0.39, 0.29) is 31.1 Å². The molecule has 80 heavy (non-hydrogen) atoms. The molecule has 0 saturated heterocycles. The van der Waals surface area contributed by atoms with Crippen molar-refractivity contribution in [2.45, 2.75) is 341 Å². The summed E-state index contributed by atoms with van der Waals surface area (Å²) in [5, 5.41) is 0. The van der Waals surface area contributed by atoms with Crippen LogP contribution in [0.25, 0.3) is 0 Å². The lowest BCUT2D eigenvalue weighted by molar-refractivity contribution is -0.167. The summed E-state index contributed by atoms with van der Waals surface area (Å²) < 4.78 is 16.9. The molecular weight excluding hydrogens is 985 g/mol. The van der Waals surface area contributed by atoms with E-state index in [2.05, 4.69) is 118 Å². The van der Waals surface area contributed by atoms with Gasteiger partial charge >= 0.3 is 17.9 Å². The van der Waals surface area contributed by atoms with Gasteiger partial charge in [0.15, 0.2) is 6.10 Å². The Morgan fingerprint density at radius 3 is 0.762 bits per heavy atom. The SMILES string of the molecule is CC/C=C\C/C=C\C/C=C\C/C=C\C/C=C\CCCCCCCCCCCCCC(=O)OCC(COC(=O)CCCCCCCCCC)OC(=O)CCCCCCCCCCCCCC/C=C\C/C=C\C/C=C\CCCCCCC. The lowest BCUT2D eigenvalue weighted by Crippen LogP contribution is -2.30. The standard InChI is InChI=1S/C74H128O6/c1-4-7-10-13-16-19-21-23-25-27-29-31-33-35-37-39-41-43-45-47-49-51-53-55-58-61-64-67-73(76)79-70-71(69-78-72(75)66-63-60-57-18-15-12-9-6-3)80-74(77)68-65-62-59-56-54-52-50-48-46-44-42-40-38-36-34-32-30-28-26-24-22-20-17-14-11-8-5-2/h7,10,16,19,22-25,28-31,34-37,71H,4-6,8-9,11-15,17-18,20-21,26-27,32-33,38-70H2,1-3H3/b10-7-,19-16-,24-22-,25-23-,30-28-,31-29-,36-34-,37-35-. The molecule has 0 amide bonds. The molecule has 0 aromatic rings. The molecule has 0 saturated carbocycles. The molecule has 0 aromatic carbocycles. The number of esters is 3. The summed E-state index contributed by atoms with van der Waals surface area (Å²) in [4.78, 5) is 38.2. The molecule has 0 radical (unpaired) electrons. The lowest BCUT2D eigenvalue weighted by atomic mass is 10.0. The third-order valence-corrected chi connectivity index (χ3v) is 14.8. The third kappa shape index (κ3) is 65.1. The summed E-state index contributed by atoms with van der Waals surface area (Å²) in [6.45, 7) is 6.51. The summed E-state index contributed by atoms with van der Waals surface area (Å²) in [5.74, 6) is -0.873. The van der Waals surface area contributed by atoms with Gasteiger partial charge in [0.1, 0.15) is 13.2 Å². The van der Waals surface area contributed by atoms with Gasteiger partial charge in [-0.15, -0.1) is 0 Å². The Labute approximate surface area is 496 Å². The summed E-state index contributed by atoms with van der Waals surface area (Å²) in [6, 6.07) is 0. The summed E-state index contributed by atoms with van der Waals surface area (Å²) in [5.41, 5.74) is 0. The second-order valence-corrected chi connectivity index (χ2v) is 22.7. The minimum atomic E-state index is -0.778. The monoisotopic (exact) mass is 1110 g/mol. The molecule has 6 heteroatoms. The van der Waals surface area contributed by atoms with Crippen LogP contribution in [-0.4, -0.2) is 37.2 Å². The van der Waals surface area contributed by atoms with Crippen LogP contribution < -0.4 is 0 Å². The van der Waals surface area contributed by atoms with Gasteiger partial charge in [0, 0.05) is 19.3 Å². The van der Waals surface area contributed by atoms with Crippen molar-refractivity contribution < 1.29 is 28.6 Å². The van der Waals surface area contributed by atoms with E-state index < -0.39 is 6.10 Å². The maximum Gasteiger partial charge on any atom is 0.306 e. The number of carbonyl (C=O) groups excluding carboxylic acids is 3. The van der Waals surface area contributed by atoms with Crippen LogP contribution in [0, 0.1) is 0 Å². The molecule has 0 spiro atoms. The zero-order valence-electron chi connectivity index (χ0n) is 52.8. The van der Waals surface area contributed by atoms with E-state index in [4.69, 9.17) is 14.2 Å². The Morgan fingerprint density at radius 2 is 0.487 bits per heavy atom. The lowest BCUT2D eigenvalue weighted by Gasteiger charge is -2.18. The first kappa shape index (κ1) is 76.3. The number of carbonyl (C=O) groups is 3. The summed E-state index contributed by atoms with van der Waals surface area (Å²) in [6.07, 6.45) is 91.6. The molecule has 0 N–H and O–H groups in total. The summed E-state index contributed by atoms with van der Waals surface area (Å²) in [7, 11) is 0. The van der Waals surface area contributed by atoms with Crippen molar-refractivity contribution in [1.82, 2.24) is 0 Å². The fraction of sp³-hybridized carbons (Fsp3) is 0.743. The van der Waals surface area contributed by atoms with Crippen LogP contribution in [0.4, 0.5) is 0 Å². The van der Waals surface area contributed by atoms with Gasteiger partial charge in [-0.05, 0) is 103 Å². The van der Waals surface area contributed by atoms with E-state index >= 15 is 0 Å². The Balaban J connectivity index is 4.15. The van der Waals surface area contributed by atoms with Gasteiger partial charge < -0.3 is 14.2 Å². The smallest absolute Gasteiger partial charge is 0.306 e. The maximum absolute atomic E-state index is 12.9. The van der Waals surface area contributed by atoms with Crippen molar-refractivity contribution in [1.29, 1.82) is 0 Å². The van der Waals surface area contributed by atoms with Gasteiger partial charge in [0.2, 0.25) is 0 Å². The highest BCUT2D eigenvalue weighted by Crippen LogP contribution is 2.17. The molecule has 0 heterocycles. The first-order valence-electron chi connectivity index (χ1n) is 34.2. The van der Waals surface area contributed by atoms with Gasteiger partial charge in [-0.3, -0.25) is 14.4 Å². The van der Waals surface area contributed by atoms with Crippen molar-refractivity contribution in [3.05, 3.63) is 97.2 Å². The van der Waals surface area contributed by atoms with E-state index in [0.717, 1.165) is 103 Å². The topological polar surface area (TPSA) is 78.9 Å². The van der Waals surface area contributed by atoms with Crippen LogP contribution in [-0.2, 0) is 28.6 Å². The number of unbranched alkanes of at least 4 members (excludes halogenated alkanes) is 35. The Morgan fingerprint density at radius 1 is 0.263 bits per heavy atom. The molecule has 6 nitrogen and oxygen atoms in total. The molecule has 460 valence electrons. The predicted molar refractivity (Wildman–Crippen MR) is 348 cm³/mol. The fourth-order valence-corrected chi connectivity index (χ4v) is 9.71. The zero-order chi connectivity index (χ0) is 57.8. The van der Waals surface area contributed by atoms with E-state index in [9.17, 15) is 14.4 Å². The minimum absolute atomic E-state index is 0.0761. The highest BCUT2D eigenvalue weighted by Gasteiger charge is 2.19. The molecule has 0 aromatic heterocycles. The number of rotatable bonds is 62. The molecule has 1 atom stereocenters. The van der Waals surface area contributed by atoms with E-state index in [1.807, 2.05) is 0 Å². The van der Waals surface area contributed by atoms with E-state index in [1.165, 1.54) is 193 Å². The van der Waals surface area contributed by atoms with Crippen LogP contribution >= 0.6 is 0 Å². The molecule has 0 aliphatic carbocycles. The van der Waals surface area contributed by atoms with Gasteiger partial charge in [0.25, 0.3) is 0 Å². The second-order valence-electron chi connectivity index (χ2n) is 22.7. The van der Waals surface area contributed by atoms with Crippen LogP contribution in [0.5, 0.6) is 0 Å². The molecule has 0 rings (SSSR count). The van der Waals surface area contributed by atoms with Gasteiger partial charge in [-0.1, -0.05) is 311 Å². The molecular formula is C74H128O6. The molecule has 0 fully saturated rings. The molecule has 0 bridgehead atoms. The van der Waals surface area contributed by atoms with Crippen molar-refractivity contribution in [2.24, 2.45) is 0 Å². The average molecular weight is 1110 g/mol. The quantitative estimate of drug-likeness (QED) is 0.0261. The Kier molecular flexibility index (Phi) is 64.7. The second kappa shape index (κ2) is 67.8. The number of ether oxygens (including phenoxy) is 3. The summed E-state index contributed by atoms with van der Waals surface area (Å²) >= 11 is 0. The zero-order valence-corrected chi connectivity index (χ0v) is 52.8. The first-order chi connectivity index (χ1) is 39.5. The van der Waals surface area contributed by atoms with Gasteiger partial charge in [0.05, 0.1) is 0 Å². The number of hydrogen-bond donors (Lipinski definition) is 0. The average Bonchev–Trinajstić information content (AvgIpc) is 3.46. The molecule has 0 aliphatic rings. The third-order valence-electron chi connectivity index (χ3n) is 14.8. The van der Waals surface area contributed by atoms with Gasteiger partial charge in [-0.25, -0.2) is 0 Å². The van der Waals surface area contributed by atoms with Crippen LogP contribution in [0.2, 0.25) is 0 Å². The number of allylic oxidation sites excluding steroid dienone is 16. The van der Waals surface area contributed by atoms with Crippen LogP contribution in [0.1, 0.15) is 335 Å².